The van der Waals surface area contributed by atoms with Crippen molar-refractivity contribution in [1.82, 2.24) is 0 Å². The minimum atomic E-state index is -3.78. The number of rotatable bonds is 10. The van der Waals surface area contributed by atoms with Crippen molar-refractivity contribution in [3.05, 3.63) is 0 Å². The summed E-state index contributed by atoms with van der Waals surface area (Å²) in [6.45, 7) is 25.3. The Bertz CT molecular complexity index is 796. The van der Waals surface area contributed by atoms with Gasteiger partial charge in [-0.25, -0.2) is 0 Å². The van der Waals surface area contributed by atoms with Gasteiger partial charge < -0.3 is 18.7 Å². The molecule has 1 fully saturated rings. The molecule has 1 aliphatic rings. The molecule has 0 bridgehead atoms. The molecule has 1 heterocycles. The molecule has 7 atom stereocenters. The van der Waals surface area contributed by atoms with E-state index in [4.69, 9.17) is 17.8 Å². The van der Waals surface area contributed by atoms with Gasteiger partial charge in [0.1, 0.15) is 17.3 Å². The Morgan fingerprint density at radius 1 is 1.12 bits per heavy atom. The third-order valence-electron chi connectivity index (χ3n) is 7.19. The van der Waals surface area contributed by atoms with Gasteiger partial charge in [0.25, 0.3) is 10.1 Å². The molecule has 0 aromatic carbocycles. The Balaban J connectivity index is 3.63. The number of alkyl halides is 1. The lowest BCUT2D eigenvalue weighted by Crippen LogP contribution is -2.72. The first-order chi connectivity index (χ1) is 14.9. The third kappa shape index (κ3) is 7.83. The van der Waals surface area contributed by atoms with E-state index < -0.39 is 50.2 Å². The van der Waals surface area contributed by atoms with Crippen LogP contribution in [0, 0.1) is 11.8 Å². The topological polar surface area (TPSA) is 91.3 Å². The summed E-state index contributed by atoms with van der Waals surface area (Å²) in [5, 5.41) is 9.91. The Kier molecular flexibility index (Phi) is 10.4. The Morgan fingerprint density at radius 2 is 1.62 bits per heavy atom. The van der Waals surface area contributed by atoms with Gasteiger partial charge in [-0.15, -0.1) is 0 Å². The molecule has 0 aromatic heterocycles. The van der Waals surface area contributed by atoms with E-state index in [1.165, 1.54) is 0 Å². The number of hydrogen-bond donors (Lipinski definition) is 1. The second-order valence-corrected chi connectivity index (χ2v) is 24.8. The molecule has 1 rings (SSSR count). The van der Waals surface area contributed by atoms with Gasteiger partial charge in [-0.1, -0.05) is 50.5 Å². The van der Waals surface area contributed by atoms with Crippen LogP contribution in [0.5, 0.6) is 0 Å². The van der Waals surface area contributed by atoms with Gasteiger partial charge in [0.2, 0.25) is 0 Å². The predicted octanol–water partition coefficient (Wildman–Crippen LogP) is 5.15. The summed E-state index contributed by atoms with van der Waals surface area (Å²) < 4.78 is 50.6. The summed E-state index contributed by atoms with van der Waals surface area (Å²) in [6.07, 6.45) is -0.197. The summed E-state index contributed by atoms with van der Waals surface area (Å²) in [5.74, 6) is -0.526. The minimum Gasteiger partial charge on any atom is -0.414 e. The molecule has 0 aliphatic carbocycles. The molecule has 0 radical (unpaired) electrons. The maximum Gasteiger partial charge on any atom is 0.264 e. The summed E-state index contributed by atoms with van der Waals surface area (Å²) in [7, 11) is -7.95. The minimum absolute atomic E-state index is 0.0212. The molecule has 0 unspecified atom stereocenters. The normalized spacial score (nSPS) is 33.6. The monoisotopic (exact) mass is 604 g/mol. The molecule has 0 aromatic rings. The van der Waals surface area contributed by atoms with Crippen LogP contribution in [0.1, 0.15) is 48.5 Å². The quantitative estimate of drug-likeness (QED) is 0.209. The zero-order chi connectivity index (χ0) is 27.1. The lowest BCUT2D eigenvalue weighted by molar-refractivity contribution is -0.282. The van der Waals surface area contributed by atoms with Crippen LogP contribution in [0.3, 0.4) is 0 Å². The molecule has 1 saturated heterocycles. The van der Waals surface area contributed by atoms with Crippen molar-refractivity contribution in [2.24, 2.45) is 11.8 Å². The van der Waals surface area contributed by atoms with Gasteiger partial charge >= 0.3 is 0 Å². The van der Waals surface area contributed by atoms with E-state index in [0.29, 0.717) is 6.61 Å². The van der Waals surface area contributed by atoms with Crippen molar-refractivity contribution in [3.63, 3.8) is 0 Å². The fourth-order valence-corrected chi connectivity index (χ4v) is 7.93. The highest BCUT2D eigenvalue weighted by Crippen LogP contribution is 2.49. The lowest BCUT2D eigenvalue weighted by atomic mass is 9.73. The van der Waals surface area contributed by atoms with E-state index in [1.807, 2.05) is 27.7 Å². The Morgan fingerprint density at radius 3 is 2.00 bits per heavy atom. The average Bonchev–Trinajstić information content (AvgIpc) is 2.63. The van der Waals surface area contributed by atoms with Crippen molar-refractivity contribution >= 4 is 42.7 Å². The highest BCUT2D eigenvalue weighted by Gasteiger charge is 2.61. The van der Waals surface area contributed by atoms with Crippen molar-refractivity contribution in [1.29, 1.82) is 0 Å². The van der Waals surface area contributed by atoms with Crippen LogP contribution in [0.25, 0.3) is 0 Å². The standard InChI is InChI=1S/C23H49BrO7SSi2/c1-16(14-25)18(24)23(7)20(29-32(8,26)27)17(2)19(30-33(9,10)11)22(6,31-23)15-28-34(12,13)21(3,4)5/h16-20,25H,14-15H2,1-13H3/t16-,17+,18+,19+,20-,22-,23+/m1/s1. The summed E-state index contributed by atoms with van der Waals surface area (Å²) in [5.41, 5.74) is -1.93. The molecular weight excluding hydrogens is 556 g/mol. The van der Waals surface area contributed by atoms with Crippen LogP contribution in [0.2, 0.25) is 37.8 Å². The molecule has 1 aliphatic heterocycles. The maximum atomic E-state index is 12.3. The highest BCUT2D eigenvalue weighted by atomic mass is 79.9. The van der Waals surface area contributed by atoms with Crippen molar-refractivity contribution in [2.45, 2.75) is 114 Å². The smallest absolute Gasteiger partial charge is 0.264 e. The molecule has 7 nitrogen and oxygen atoms in total. The van der Waals surface area contributed by atoms with Crippen LogP contribution in [-0.2, 0) is 27.9 Å². The van der Waals surface area contributed by atoms with Gasteiger partial charge in [-0.05, 0) is 57.5 Å². The van der Waals surface area contributed by atoms with E-state index in [0.717, 1.165) is 6.26 Å². The first-order valence-electron chi connectivity index (χ1n) is 12.1. The second-order valence-electron chi connectivity index (χ2n) is 12.9. The molecule has 34 heavy (non-hydrogen) atoms. The zero-order valence-corrected chi connectivity index (χ0v) is 27.9. The van der Waals surface area contributed by atoms with Gasteiger partial charge in [0.15, 0.2) is 16.6 Å². The van der Waals surface area contributed by atoms with Crippen molar-refractivity contribution in [3.8, 4) is 0 Å². The molecule has 1 N–H and O–H groups in total. The van der Waals surface area contributed by atoms with Crippen LogP contribution in [0.4, 0.5) is 0 Å². The average molecular weight is 606 g/mol. The molecular formula is C23H49BrO7SSi2. The van der Waals surface area contributed by atoms with Crippen molar-refractivity contribution in [2.75, 3.05) is 19.5 Å². The van der Waals surface area contributed by atoms with E-state index >= 15 is 0 Å². The third-order valence-corrected chi connectivity index (χ3v) is 15.0. The van der Waals surface area contributed by atoms with Crippen LogP contribution >= 0.6 is 15.9 Å². The molecule has 11 heteroatoms. The molecule has 0 amide bonds. The van der Waals surface area contributed by atoms with Gasteiger partial charge in [-0.3, -0.25) is 4.18 Å². The van der Waals surface area contributed by atoms with Crippen LogP contribution in [-0.4, -0.2) is 77.9 Å². The number of hydrogen-bond acceptors (Lipinski definition) is 7. The highest BCUT2D eigenvalue weighted by molar-refractivity contribution is 9.09. The Hall–Kier alpha value is 0.664. The SMILES string of the molecule is C[C@@H]1[C@@H](OS(C)(=O)=O)[C@](C)([C@@H](Br)[C@H](C)CO)O[C@](C)(CO[Si](C)(C)C(C)(C)C)[C@H]1O[Si](C)(C)C. The number of aliphatic hydroxyl groups is 1. The van der Waals surface area contributed by atoms with Gasteiger partial charge in [0.05, 0.1) is 23.8 Å². The zero-order valence-electron chi connectivity index (χ0n) is 23.5. The second kappa shape index (κ2) is 10.8. The van der Waals surface area contributed by atoms with Crippen LogP contribution in [0.15, 0.2) is 0 Å². The fraction of sp³-hybridized carbons (Fsp3) is 1.00. The Labute approximate surface area is 219 Å². The summed E-state index contributed by atoms with van der Waals surface area (Å²) in [4.78, 5) is -0.376. The van der Waals surface area contributed by atoms with Crippen molar-refractivity contribution < 1.29 is 31.3 Å². The van der Waals surface area contributed by atoms with Crippen LogP contribution < -0.4 is 0 Å². The number of aliphatic hydroxyl groups excluding tert-OH is 1. The molecule has 0 spiro atoms. The van der Waals surface area contributed by atoms with Gasteiger partial charge in [-0.2, -0.15) is 8.42 Å². The maximum absolute atomic E-state index is 12.3. The van der Waals surface area contributed by atoms with E-state index in [9.17, 15) is 13.5 Å². The summed E-state index contributed by atoms with van der Waals surface area (Å²) >= 11 is 3.73. The largest absolute Gasteiger partial charge is 0.414 e. The molecule has 0 saturated carbocycles. The summed E-state index contributed by atoms with van der Waals surface area (Å²) in [6, 6.07) is 0. The van der Waals surface area contributed by atoms with Gasteiger partial charge in [0, 0.05) is 12.5 Å². The first kappa shape index (κ1) is 32.7. The van der Waals surface area contributed by atoms with E-state index in [2.05, 4.69) is 69.4 Å². The predicted molar refractivity (Wildman–Crippen MR) is 147 cm³/mol. The number of ether oxygens (including phenoxy) is 1. The van der Waals surface area contributed by atoms with E-state index in [1.54, 1.807) is 0 Å². The fourth-order valence-electron chi connectivity index (χ4n) is 4.36. The molecule has 204 valence electrons. The number of halogens is 1. The first-order valence-corrected chi connectivity index (χ1v) is 21.1. The van der Waals surface area contributed by atoms with E-state index in [-0.39, 0.29) is 28.3 Å². The lowest BCUT2D eigenvalue weighted by Gasteiger charge is -2.59.